The molecule has 5 nitrogen and oxygen atoms in total. The Morgan fingerprint density at radius 2 is 1.63 bits per heavy atom. The number of carbonyl (C=O) groups excluding carboxylic acids is 1. The molecule has 0 heterocycles. The number of benzene rings is 2. The molecule has 2 rings (SSSR count). The van der Waals surface area contributed by atoms with Crippen molar-refractivity contribution in [3.63, 3.8) is 0 Å². The highest BCUT2D eigenvalue weighted by molar-refractivity contribution is 5.94. The highest BCUT2D eigenvalue weighted by Crippen LogP contribution is 2.21. The summed E-state index contributed by atoms with van der Waals surface area (Å²) in [7, 11) is 1.61. The normalized spacial score (nSPS) is 13.1. The van der Waals surface area contributed by atoms with Crippen molar-refractivity contribution < 1.29 is 23.0 Å². The molecule has 2 aromatic rings. The van der Waals surface area contributed by atoms with E-state index in [-0.39, 0.29) is 17.7 Å². The number of amides is 1. The lowest BCUT2D eigenvalue weighted by Crippen LogP contribution is -2.40. The van der Waals surface area contributed by atoms with Crippen molar-refractivity contribution in [2.24, 2.45) is 0 Å². The molecule has 0 saturated heterocycles. The Morgan fingerprint density at radius 1 is 1.04 bits per heavy atom. The van der Waals surface area contributed by atoms with E-state index in [1.807, 2.05) is 31.2 Å². The SMILES string of the molecule is CCC(NC(C)C(=O)Nc1ccc(OC(F)F)cc1)c1ccc(OC)cc1. The summed E-state index contributed by atoms with van der Waals surface area (Å²) in [4.78, 5) is 12.4. The largest absolute Gasteiger partial charge is 0.497 e. The molecule has 0 radical (unpaired) electrons. The number of methoxy groups -OCH3 is 1. The van der Waals surface area contributed by atoms with E-state index in [4.69, 9.17) is 4.74 Å². The van der Waals surface area contributed by atoms with Crippen LogP contribution in [-0.4, -0.2) is 25.7 Å². The van der Waals surface area contributed by atoms with Crippen molar-refractivity contribution in [1.82, 2.24) is 5.32 Å². The van der Waals surface area contributed by atoms with Crippen LogP contribution in [0.4, 0.5) is 14.5 Å². The summed E-state index contributed by atoms with van der Waals surface area (Å²) in [5, 5.41) is 6.06. The maximum atomic E-state index is 12.4. The first-order valence-electron chi connectivity index (χ1n) is 8.68. The quantitative estimate of drug-likeness (QED) is 0.681. The minimum atomic E-state index is -2.88. The van der Waals surface area contributed by atoms with Crippen LogP contribution in [0.25, 0.3) is 0 Å². The molecule has 1 amide bonds. The number of anilines is 1. The average molecular weight is 378 g/mol. The van der Waals surface area contributed by atoms with Crippen LogP contribution in [0.5, 0.6) is 11.5 Å². The minimum Gasteiger partial charge on any atom is -0.497 e. The van der Waals surface area contributed by atoms with E-state index in [9.17, 15) is 13.6 Å². The van der Waals surface area contributed by atoms with Gasteiger partial charge in [0.15, 0.2) is 0 Å². The molecule has 0 bridgehead atoms. The predicted molar refractivity (Wildman–Crippen MR) is 100 cm³/mol. The summed E-state index contributed by atoms with van der Waals surface area (Å²) in [6.45, 7) is 0.933. The van der Waals surface area contributed by atoms with Crippen molar-refractivity contribution in [3.05, 3.63) is 54.1 Å². The zero-order valence-corrected chi connectivity index (χ0v) is 15.5. The summed E-state index contributed by atoms with van der Waals surface area (Å²) in [5.41, 5.74) is 1.57. The second kappa shape index (κ2) is 9.87. The molecule has 0 aliphatic heterocycles. The Labute approximate surface area is 157 Å². The van der Waals surface area contributed by atoms with Gasteiger partial charge in [0.1, 0.15) is 11.5 Å². The van der Waals surface area contributed by atoms with Crippen LogP contribution >= 0.6 is 0 Å². The number of alkyl halides is 2. The number of carbonyl (C=O) groups is 1. The van der Waals surface area contributed by atoms with Gasteiger partial charge < -0.3 is 14.8 Å². The molecule has 0 fully saturated rings. The fourth-order valence-electron chi connectivity index (χ4n) is 2.63. The predicted octanol–water partition coefficient (Wildman–Crippen LogP) is 4.36. The van der Waals surface area contributed by atoms with Gasteiger partial charge >= 0.3 is 6.61 Å². The third-order valence-corrected chi connectivity index (χ3v) is 4.12. The van der Waals surface area contributed by atoms with E-state index in [0.717, 1.165) is 17.7 Å². The second-order valence-electron chi connectivity index (χ2n) is 6.01. The number of halogens is 2. The van der Waals surface area contributed by atoms with Crippen LogP contribution in [0.1, 0.15) is 31.9 Å². The number of nitrogens with one attached hydrogen (secondary N) is 2. The fraction of sp³-hybridized carbons (Fsp3) is 0.350. The average Bonchev–Trinajstić information content (AvgIpc) is 2.67. The molecule has 2 N–H and O–H groups in total. The van der Waals surface area contributed by atoms with Gasteiger partial charge in [-0.1, -0.05) is 19.1 Å². The molecule has 146 valence electrons. The Hall–Kier alpha value is -2.67. The number of ether oxygens (including phenoxy) is 2. The van der Waals surface area contributed by atoms with Crippen molar-refractivity contribution in [1.29, 1.82) is 0 Å². The molecule has 0 saturated carbocycles. The number of hydrogen-bond acceptors (Lipinski definition) is 4. The third kappa shape index (κ3) is 6.21. The number of rotatable bonds is 9. The zero-order valence-electron chi connectivity index (χ0n) is 15.5. The van der Waals surface area contributed by atoms with E-state index in [1.54, 1.807) is 14.0 Å². The highest BCUT2D eigenvalue weighted by Gasteiger charge is 2.18. The maximum Gasteiger partial charge on any atom is 0.387 e. The zero-order chi connectivity index (χ0) is 19.8. The van der Waals surface area contributed by atoms with Crippen molar-refractivity contribution >= 4 is 11.6 Å². The van der Waals surface area contributed by atoms with Crippen LogP contribution in [0.15, 0.2) is 48.5 Å². The van der Waals surface area contributed by atoms with E-state index in [0.29, 0.717) is 5.69 Å². The molecule has 2 unspecified atom stereocenters. The van der Waals surface area contributed by atoms with Gasteiger partial charge in [-0.05, 0) is 55.3 Å². The molecule has 0 aliphatic carbocycles. The minimum absolute atomic E-state index is 0.0125. The van der Waals surface area contributed by atoms with Crippen LogP contribution in [0.3, 0.4) is 0 Å². The molecule has 2 aromatic carbocycles. The Kier molecular flexibility index (Phi) is 7.55. The molecule has 0 aromatic heterocycles. The number of hydrogen-bond donors (Lipinski definition) is 2. The molecule has 0 aliphatic rings. The lowest BCUT2D eigenvalue weighted by atomic mass is 10.0. The van der Waals surface area contributed by atoms with Gasteiger partial charge in [0.25, 0.3) is 0 Å². The monoisotopic (exact) mass is 378 g/mol. The second-order valence-corrected chi connectivity index (χ2v) is 6.01. The van der Waals surface area contributed by atoms with Crippen molar-refractivity contribution in [3.8, 4) is 11.5 Å². The van der Waals surface area contributed by atoms with Gasteiger partial charge in [-0.2, -0.15) is 8.78 Å². The fourth-order valence-corrected chi connectivity index (χ4v) is 2.63. The first-order chi connectivity index (χ1) is 12.9. The molecular weight excluding hydrogens is 354 g/mol. The van der Waals surface area contributed by atoms with E-state index in [1.165, 1.54) is 24.3 Å². The van der Waals surface area contributed by atoms with Crippen molar-refractivity contribution in [2.75, 3.05) is 12.4 Å². The summed E-state index contributed by atoms with van der Waals surface area (Å²) >= 11 is 0. The Morgan fingerprint density at radius 3 is 2.15 bits per heavy atom. The summed E-state index contributed by atoms with van der Waals surface area (Å²) in [6, 6.07) is 13.1. The first-order valence-corrected chi connectivity index (χ1v) is 8.68. The van der Waals surface area contributed by atoms with Crippen LogP contribution in [0.2, 0.25) is 0 Å². The first kappa shape index (κ1) is 20.6. The maximum absolute atomic E-state index is 12.4. The highest BCUT2D eigenvalue weighted by atomic mass is 19.3. The van der Waals surface area contributed by atoms with Gasteiger partial charge in [-0.25, -0.2) is 0 Å². The summed E-state index contributed by atoms with van der Waals surface area (Å²) in [6.07, 6.45) is 0.809. The lowest BCUT2D eigenvalue weighted by Gasteiger charge is -2.22. The Balaban J connectivity index is 1.94. The summed E-state index contributed by atoms with van der Waals surface area (Å²) in [5.74, 6) is 0.600. The van der Waals surface area contributed by atoms with Gasteiger partial charge in [-0.15, -0.1) is 0 Å². The van der Waals surface area contributed by atoms with Gasteiger partial charge in [0, 0.05) is 11.7 Å². The van der Waals surface area contributed by atoms with Crippen LogP contribution in [0, 0.1) is 0 Å². The van der Waals surface area contributed by atoms with Gasteiger partial charge in [-0.3, -0.25) is 10.1 Å². The van der Waals surface area contributed by atoms with Gasteiger partial charge in [0.2, 0.25) is 5.91 Å². The molecular formula is C20H24F2N2O3. The molecule has 2 atom stereocenters. The van der Waals surface area contributed by atoms with E-state index in [2.05, 4.69) is 15.4 Å². The summed E-state index contributed by atoms with van der Waals surface area (Å²) < 4.78 is 33.8. The van der Waals surface area contributed by atoms with Gasteiger partial charge in [0.05, 0.1) is 13.2 Å². The Bertz CT molecular complexity index is 721. The lowest BCUT2D eigenvalue weighted by molar-refractivity contribution is -0.118. The standard InChI is InChI=1S/C20H24F2N2O3/c1-4-18(14-5-9-16(26-3)10-6-14)23-13(2)19(25)24-15-7-11-17(12-8-15)27-20(21)22/h5-13,18,20,23H,4H2,1-3H3,(H,24,25). The van der Waals surface area contributed by atoms with Crippen LogP contribution < -0.4 is 20.1 Å². The van der Waals surface area contributed by atoms with E-state index < -0.39 is 12.7 Å². The third-order valence-electron chi connectivity index (χ3n) is 4.12. The van der Waals surface area contributed by atoms with E-state index >= 15 is 0 Å². The smallest absolute Gasteiger partial charge is 0.387 e. The van der Waals surface area contributed by atoms with Crippen molar-refractivity contribution in [2.45, 2.75) is 39.0 Å². The molecule has 27 heavy (non-hydrogen) atoms. The molecule has 7 heteroatoms. The van der Waals surface area contributed by atoms with Crippen LogP contribution in [-0.2, 0) is 4.79 Å². The molecule has 0 spiro atoms. The topological polar surface area (TPSA) is 59.6 Å².